The minimum Gasteiger partial charge on any atom is -0.365 e. The molecule has 0 fully saturated rings. The zero-order valence-electron chi connectivity index (χ0n) is 15.6. The van der Waals surface area contributed by atoms with Crippen molar-refractivity contribution >= 4 is 43.9 Å². The van der Waals surface area contributed by atoms with Crippen LogP contribution in [0.3, 0.4) is 0 Å². The minimum absolute atomic E-state index is 0.194. The van der Waals surface area contributed by atoms with E-state index in [-0.39, 0.29) is 18.2 Å². The molecule has 148 valence electrons. The lowest BCUT2D eigenvalue weighted by Gasteiger charge is -2.11. The summed E-state index contributed by atoms with van der Waals surface area (Å²) in [5.41, 5.74) is 4.36. The first kappa shape index (κ1) is 18.1. The summed E-state index contributed by atoms with van der Waals surface area (Å²) in [7, 11) is 1.84. The van der Waals surface area contributed by atoms with Gasteiger partial charge in [-0.05, 0) is 6.92 Å². The average molecular weight is 429 g/mol. The Morgan fingerprint density at radius 2 is 2.24 bits per heavy atom. The first-order valence-corrected chi connectivity index (χ1v) is 10.6. The second kappa shape index (κ2) is 7.13. The molecule has 0 spiro atoms. The van der Waals surface area contributed by atoms with Gasteiger partial charge >= 0.3 is 0 Å². The molecular formula is C17H16N8O2S2. The minimum atomic E-state index is -0.320. The predicted molar refractivity (Wildman–Crippen MR) is 109 cm³/mol. The third-order valence-corrected chi connectivity index (χ3v) is 6.32. The van der Waals surface area contributed by atoms with E-state index in [1.165, 1.54) is 27.4 Å². The average Bonchev–Trinajstić information content (AvgIpc) is 3.49. The largest absolute Gasteiger partial charge is 0.365 e. The van der Waals surface area contributed by atoms with E-state index in [1.807, 2.05) is 23.9 Å². The maximum atomic E-state index is 13.0. The van der Waals surface area contributed by atoms with E-state index in [4.69, 9.17) is 9.72 Å². The quantitative estimate of drug-likeness (QED) is 0.440. The van der Waals surface area contributed by atoms with Crippen LogP contribution in [0.1, 0.15) is 29.4 Å². The molecule has 0 aromatic carbocycles. The van der Waals surface area contributed by atoms with Crippen molar-refractivity contribution in [3.63, 3.8) is 0 Å². The van der Waals surface area contributed by atoms with Crippen LogP contribution in [0.25, 0.3) is 21.3 Å². The zero-order chi connectivity index (χ0) is 20.0. The Morgan fingerprint density at radius 3 is 2.97 bits per heavy atom. The van der Waals surface area contributed by atoms with Crippen LogP contribution in [-0.2, 0) is 18.3 Å². The van der Waals surface area contributed by atoms with Crippen molar-refractivity contribution in [3.8, 4) is 0 Å². The van der Waals surface area contributed by atoms with Crippen LogP contribution in [0.15, 0.2) is 28.1 Å². The summed E-state index contributed by atoms with van der Waals surface area (Å²) in [5.74, 6) is 0. The van der Waals surface area contributed by atoms with Crippen molar-refractivity contribution in [2.45, 2.75) is 19.6 Å². The first-order valence-electron chi connectivity index (χ1n) is 8.86. The van der Waals surface area contributed by atoms with Crippen molar-refractivity contribution in [2.24, 2.45) is 7.05 Å². The summed E-state index contributed by atoms with van der Waals surface area (Å²) in [5, 5.41) is 18.2. The Bertz CT molecular complexity index is 1330. The van der Waals surface area contributed by atoms with Gasteiger partial charge in [0.05, 0.1) is 34.8 Å². The van der Waals surface area contributed by atoms with Gasteiger partial charge in [0.25, 0.3) is 5.56 Å². The lowest BCUT2D eigenvalue weighted by Crippen LogP contribution is -2.24. The topological polar surface area (TPSA) is 116 Å². The number of H-pyrrole nitrogens is 1. The van der Waals surface area contributed by atoms with E-state index < -0.39 is 0 Å². The second-order valence-electron chi connectivity index (χ2n) is 6.34. The molecule has 1 unspecified atom stereocenters. The molecule has 0 aliphatic rings. The highest BCUT2D eigenvalue weighted by Crippen LogP contribution is 2.36. The van der Waals surface area contributed by atoms with Crippen molar-refractivity contribution in [3.05, 3.63) is 50.0 Å². The maximum absolute atomic E-state index is 13.0. The number of hydrogen-bond acceptors (Lipinski definition) is 9. The smallest absolute Gasteiger partial charge is 0.291 e. The van der Waals surface area contributed by atoms with Crippen molar-refractivity contribution in [1.82, 2.24) is 39.7 Å². The standard InChI is InChI=1S/C17H16N8O2S2/c1-3-27-13(11-7-28-8-18-11)16-21-15-14(29-16)10-5-20-25(6-9-4-19-23-22-9)17(26)12(10)24(15)2/h4-5,7-8,13H,3,6H2,1-2H3,(H,19,22,23). The molecule has 0 aliphatic carbocycles. The van der Waals surface area contributed by atoms with Crippen LogP contribution in [0, 0.1) is 0 Å². The van der Waals surface area contributed by atoms with Gasteiger partial charge in [-0.3, -0.25) is 4.79 Å². The first-order chi connectivity index (χ1) is 14.2. The molecule has 10 nitrogen and oxygen atoms in total. The van der Waals surface area contributed by atoms with E-state index in [0.717, 1.165) is 26.4 Å². The zero-order valence-corrected chi connectivity index (χ0v) is 17.2. The third kappa shape index (κ3) is 2.96. The normalized spacial score (nSPS) is 12.9. The lowest BCUT2D eigenvalue weighted by molar-refractivity contribution is 0.0887. The fourth-order valence-electron chi connectivity index (χ4n) is 3.29. The molecule has 0 saturated heterocycles. The number of ether oxygens (including phenoxy) is 1. The number of fused-ring (bicyclic) bond motifs is 3. The van der Waals surface area contributed by atoms with Crippen LogP contribution in [0.5, 0.6) is 0 Å². The number of nitrogens with one attached hydrogen (secondary N) is 1. The Balaban J connectivity index is 1.63. The molecule has 5 rings (SSSR count). The SMILES string of the molecule is CCOC(c1cscn1)c1nc2c(s1)c1cnn(Cc3cn[nH]n3)c(=O)c1n2C. The molecule has 1 atom stereocenters. The summed E-state index contributed by atoms with van der Waals surface area (Å²) >= 11 is 3.03. The third-order valence-electron chi connectivity index (χ3n) is 4.60. The molecule has 0 saturated carbocycles. The van der Waals surface area contributed by atoms with Gasteiger partial charge in [-0.2, -0.15) is 20.5 Å². The van der Waals surface area contributed by atoms with Crippen molar-refractivity contribution < 1.29 is 4.74 Å². The summed E-state index contributed by atoms with van der Waals surface area (Å²) in [4.78, 5) is 22.2. The van der Waals surface area contributed by atoms with E-state index >= 15 is 0 Å². The number of aryl methyl sites for hydroxylation is 1. The number of rotatable bonds is 6. The molecule has 0 amide bonds. The molecule has 5 heterocycles. The van der Waals surface area contributed by atoms with E-state index in [9.17, 15) is 4.79 Å². The maximum Gasteiger partial charge on any atom is 0.291 e. The summed E-state index contributed by atoms with van der Waals surface area (Å²) in [6, 6.07) is 0. The molecule has 0 bridgehead atoms. The Labute approximate surface area is 171 Å². The number of aromatic amines is 1. The Morgan fingerprint density at radius 1 is 1.34 bits per heavy atom. The van der Waals surface area contributed by atoms with Gasteiger partial charge in [0.1, 0.15) is 16.2 Å². The lowest BCUT2D eigenvalue weighted by atomic mass is 10.3. The summed E-state index contributed by atoms with van der Waals surface area (Å²) in [6.45, 7) is 2.75. The van der Waals surface area contributed by atoms with Gasteiger partial charge in [0.2, 0.25) is 0 Å². The fourth-order valence-corrected chi connectivity index (χ4v) is 5.02. The van der Waals surface area contributed by atoms with E-state index in [0.29, 0.717) is 17.8 Å². The Kier molecular flexibility index (Phi) is 4.45. The summed E-state index contributed by atoms with van der Waals surface area (Å²) < 4.78 is 10.0. The monoisotopic (exact) mass is 428 g/mol. The van der Waals surface area contributed by atoms with Gasteiger partial charge in [-0.15, -0.1) is 22.7 Å². The molecular weight excluding hydrogens is 412 g/mol. The van der Waals surface area contributed by atoms with E-state index in [2.05, 4.69) is 25.5 Å². The van der Waals surface area contributed by atoms with Gasteiger partial charge in [-0.25, -0.2) is 14.6 Å². The van der Waals surface area contributed by atoms with Crippen LogP contribution in [0.2, 0.25) is 0 Å². The number of thiazole rings is 2. The molecule has 29 heavy (non-hydrogen) atoms. The molecule has 12 heteroatoms. The summed E-state index contributed by atoms with van der Waals surface area (Å²) in [6.07, 6.45) is 2.96. The van der Waals surface area contributed by atoms with Crippen LogP contribution in [-0.4, -0.2) is 46.3 Å². The van der Waals surface area contributed by atoms with Crippen LogP contribution in [0.4, 0.5) is 0 Å². The Hall–Kier alpha value is -2.96. The van der Waals surface area contributed by atoms with Crippen LogP contribution < -0.4 is 5.56 Å². The number of hydrogen-bond donors (Lipinski definition) is 1. The molecule has 5 aromatic rings. The van der Waals surface area contributed by atoms with Gasteiger partial charge in [0.15, 0.2) is 11.8 Å². The van der Waals surface area contributed by atoms with E-state index in [1.54, 1.807) is 17.9 Å². The van der Waals surface area contributed by atoms with Crippen molar-refractivity contribution in [1.29, 1.82) is 0 Å². The van der Waals surface area contributed by atoms with Crippen molar-refractivity contribution in [2.75, 3.05) is 6.61 Å². The number of aromatic nitrogens is 8. The van der Waals surface area contributed by atoms with Crippen LogP contribution >= 0.6 is 22.7 Å². The molecule has 1 N–H and O–H groups in total. The second-order valence-corrected chi connectivity index (χ2v) is 8.09. The highest BCUT2D eigenvalue weighted by molar-refractivity contribution is 7.19. The molecule has 0 aliphatic heterocycles. The van der Waals surface area contributed by atoms with Gasteiger partial charge in [-0.1, -0.05) is 0 Å². The van der Waals surface area contributed by atoms with Gasteiger partial charge < -0.3 is 9.30 Å². The highest BCUT2D eigenvalue weighted by atomic mass is 32.1. The highest BCUT2D eigenvalue weighted by Gasteiger charge is 2.24. The molecule has 0 radical (unpaired) electrons. The fraction of sp³-hybridized carbons (Fsp3) is 0.294. The van der Waals surface area contributed by atoms with Gasteiger partial charge in [0, 0.05) is 24.4 Å². The predicted octanol–water partition coefficient (Wildman–Crippen LogP) is 2.09. The number of nitrogens with zero attached hydrogens (tertiary/aromatic N) is 7. The molecule has 5 aromatic heterocycles.